The number of carbonyl (C=O) groups excluding carboxylic acids is 1. The highest BCUT2D eigenvalue weighted by Crippen LogP contribution is 2.20. The van der Waals surface area contributed by atoms with Crippen LogP contribution < -0.4 is 10.6 Å². The summed E-state index contributed by atoms with van der Waals surface area (Å²) in [4.78, 5) is 16.9. The summed E-state index contributed by atoms with van der Waals surface area (Å²) in [5.74, 6) is 0.460. The van der Waals surface area contributed by atoms with Crippen LogP contribution in [-0.4, -0.2) is 17.4 Å². The van der Waals surface area contributed by atoms with Gasteiger partial charge in [-0.3, -0.25) is 4.79 Å². The van der Waals surface area contributed by atoms with E-state index in [2.05, 4.69) is 21.7 Å². The third-order valence-corrected chi connectivity index (χ3v) is 4.78. The number of hydrogen-bond acceptors (Lipinski definition) is 4. The van der Waals surface area contributed by atoms with Gasteiger partial charge < -0.3 is 10.6 Å². The first kappa shape index (κ1) is 15.7. The standard InChI is InChI=1S/C18H21N3OS/c22-18(16-7-4-12-23-16)21-17-9-8-15(13-20-17)19-11-10-14-5-2-1-3-6-14/h4-5,7-9,12-13,19H,1-3,6,10-11H2,(H,20,21,22). The van der Waals surface area contributed by atoms with Crippen molar-refractivity contribution < 1.29 is 4.79 Å². The van der Waals surface area contributed by atoms with E-state index >= 15 is 0 Å². The molecule has 0 unspecified atom stereocenters. The molecule has 2 heterocycles. The van der Waals surface area contributed by atoms with E-state index in [4.69, 9.17) is 0 Å². The molecular formula is C18H21N3OS. The van der Waals surface area contributed by atoms with Crippen LogP contribution in [-0.2, 0) is 0 Å². The lowest BCUT2D eigenvalue weighted by atomic mass is 9.97. The molecule has 3 rings (SSSR count). The highest BCUT2D eigenvalue weighted by Gasteiger charge is 2.07. The molecule has 0 spiro atoms. The first-order valence-electron chi connectivity index (χ1n) is 8.04. The number of carbonyl (C=O) groups is 1. The van der Waals surface area contributed by atoms with Gasteiger partial charge in [0.2, 0.25) is 0 Å². The highest BCUT2D eigenvalue weighted by atomic mass is 32.1. The Hall–Kier alpha value is -2.14. The molecular weight excluding hydrogens is 306 g/mol. The summed E-state index contributed by atoms with van der Waals surface area (Å²) in [6.07, 6.45) is 10.4. The topological polar surface area (TPSA) is 54.0 Å². The number of nitrogens with zero attached hydrogens (tertiary/aromatic N) is 1. The largest absolute Gasteiger partial charge is 0.383 e. The zero-order valence-corrected chi connectivity index (χ0v) is 13.9. The average molecular weight is 327 g/mol. The summed E-state index contributed by atoms with van der Waals surface area (Å²) >= 11 is 1.42. The SMILES string of the molecule is O=C(Nc1ccc(NCCC2=CCCCC2)cn1)c1cccs1. The molecule has 120 valence electrons. The van der Waals surface area contributed by atoms with Crippen LogP contribution in [0.5, 0.6) is 0 Å². The van der Waals surface area contributed by atoms with Gasteiger partial charge in [-0.2, -0.15) is 0 Å². The quantitative estimate of drug-likeness (QED) is 0.756. The fourth-order valence-electron chi connectivity index (χ4n) is 2.66. The maximum atomic E-state index is 11.9. The molecule has 0 bridgehead atoms. The lowest BCUT2D eigenvalue weighted by molar-refractivity contribution is 0.103. The van der Waals surface area contributed by atoms with Gasteiger partial charge in [0.25, 0.3) is 5.91 Å². The monoisotopic (exact) mass is 327 g/mol. The van der Waals surface area contributed by atoms with E-state index in [-0.39, 0.29) is 5.91 Å². The van der Waals surface area contributed by atoms with E-state index in [0.29, 0.717) is 10.7 Å². The predicted molar refractivity (Wildman–Crippen MR) is 96.2 cm³/mol. The fourth-order valence-corrected chi connectivity index (χ4v) is 3.28. The molecule has 1 aliphatic rings. The average Bonchev–Trinajstić information content (AvgIpc) is 3.12. The molecule has 1 aliphatic carbocycles. The Bertz CT molecular complexity index is 662. The van der Waals surface area contributed by atoms with Crippen molar-refractivity contribution in [3.8, 4) is 0 Å². The number of amides is 1. The molecule has 2 aromatic heterocycles. The lowest BCUT2D eigenvalue weighted by Gasteiger charge is -2.13. The van der Waals surface area contributed by atoms with E-state index in [9.17, 15) is 4.79 Å². The van der Waals surface area contributed by atoms with Gasteiger partial charge in [-0.25, -0.2) is 4.98 Å². The summed E-state index contributed by atoms with van der Waals surface area (Å²) in [5, 5.41) is 8.07. The zero-order valence-electron chi connectivity index (χ0n) is 13.0. The van der Waals surface area contributed by atoms with Gasteiger partial charge in [-0.05, 0) is 55.7 Å². The third-order valence-electron chi connectivity index (χ3n) is 3.91. The Morgan fingerprint density at radius 2 is 2.22 bits per heavy atom. The molecule has 0 aliphatic heterocycles. The maximum Gasteiger partial charge on any atom is 0.266 e. The highest BCUT2D eigenvalue weighted by molar-refractivity contribution is 7.12. The molecule has 0 saturated heterocycles. The van der Waals surface area contributed by atoms with Gasteiger partial charge in [0.1, 0.15) is 5.82 Å². The Labute approximate surface area is 140 Å². The molecule has 23 heavy (non-hydrogen) atoms. The van der Waals surface area contributed by atoms with E-state index in [1.54, 1.807) is 17.8 Å². The van der Waals surface area contributed by atoms with Crippen LogP contribution in [0.3, 0.4) is 0 Å². The minimum atomic E-state index is -0.113. The minimum Gasteiger partial charge on any atom is -0.383 e. The number of aromatic nitrogens is 1. The number of thiophene rings is 1. The first-order chi connectivity index (χ1) is 11.3. The van der Waals surface area contributed by atoms with Gasteiger partial charge >= 0.3 is 0 Å². The number of hydrogen-bond donors (Lipinski definition) is 2. The minimum absolute atomic E-state index is 0.113. The van der Waals surface area contributed by atoms with Crippen LogP contribution in [0.15, 0.2) is 47.5 Å². The molecule has 0 aromatic carbocycles. The van der Waals surface area contributed by atoms with Crippen molar-refractivity contribution in [1.29, 1.82) is 0 Å². The molecule has 0 atom stereocenters. The van der Waals surface area contributed by atoms with Crippen LogP contribution in [0, 0.1) is 0 Å². The molecule has 4 nitrogen and oxygen atoms in total. The maximum absolute atomic E-state index is 11.9. The second kappa shape index (κ2) is 7.92. The van der Waals surface area contributed by atoms with E-state index in [1.807, 2.05) is 23.6 Å². The Kier molecular flexibility index (Phi) is 5.42. The van der Waals surface area contributed by atoms with Crippen molar-refractivity contribution in [2.24, 2.45) is 0 Å². The number of pyridine rings is 1. The summed E-state index contributed by atoms with van der Waals surface area (Å²) in [6.45, 7) is 0.925. The predicted octanol–water partition coefficient (Wildman–Crippen LogP) is 4.70. The molecule has 5 heteroatoms. The van der Waals surface area contributed by atoms with Crippen molar-refractivity contribution in [1.82, 2.24) is 4.98 Å². The first-order valence-corrected chi connectivity index (χ1v) is 8.92. The lowest BCUT2D eigenvalue weighted by Crippen LogP contribution is -2.11. The molecule has 2 N–H and O–H groups in total. The third kappa shape index (κ3) is 4.66. The fraction of sp³-hybridized carbons (Fsp3) is 0.333. The van der Waals surface area contributed by atoms with E-state index in [1.165, 1.54) is 37.0 Å². The smallest absolute Gasteiger partial charge is 0.266 e. The van der Waals surface area contributed by atoms with Gasteiger partial charge in [0.15, 0.2) is 0 Å². The summed E-state index contributed by atoms with van der Waals surface area (Å²) in [6, 6.07) is 7.44. The van der Waals surface area contributed by atoms with E-state index in [0.717, 1.165) is 18.7 Å². The van der Waals surface area contributed by atoms with Crippen molar-refractivity contribution in [2.45, 2.75) is 32.1 Å². The summed E-state index contributed by atoms with van der Waals surface area (Å²) in [7, 11) is 0. The molecule has 0 radical (unpaired) electrons. The summed E-state index contributed by atoms with van der Waals surface area (Å²) in [5.41, 5.74) is 2.55. The Morgan fingerprint density at radius 3 is 2.91 bits per heavy atom. The number of anilines is 2. The molecule has 1 amide bonds. The van der Waals surface area contributed by atoms with Crippen LogP contribution in [0.25, 0.3) is 0 Å². The van der Waals surface area contributed by atoms with E-state index < -0.39 is 0 Å². The van der Waals surface area contributed by atoms with Gasteiger partial charge in [-0.15, -0.1) is 11.3 Å². The van der Waals surface area contributed by atoms with Crippen LogP contribution in [0.4, 0.5) is 11.5 Å². The van der Waals surface area contributed by atoms with Crippen molar-refractivity contribution in [3.63, 3.8) is 0 Å². The van der Waals surface area contributed by atoms with Gasteiger partial charge in [0.05, 0.1) is 16.8 Å². The van der Waals surface area contributed by atoms with Crippen LogP contribution in [0.2, 0.25) is 0 Å². The molecule has 2 aromatic rings. The Morgan fingerprint density at radius 1 is 1.26 bits per heavy atom. The van der Waals surface area contributed by atoms with Crippen molar-refractivity contribution in [3.05, 3.63) is 52.4 Å². The number of allylic oxidation sites excluding steroid dienone is 1. The van der Waals surface area contributed by atoms with Crippen LogP contribution in [0.1, 0.15) is 41.8 Å². The second-order valence-corrected chi connectivity index (χ2v) is 6.60. The molecule has 0 fully saturated rings. The number of nitrogens with one attached hydrogen (secondary N) is 2. The van der Waals surface area contributed by atoms with Gasteiger partial charge in [0, 0.05) is 6.54 Å². The normalized spacial score (nSPS) is 14.2. The molecule has 0 saturated carbocycles. The summed E-state index contributed by atoms with van der Waals surface area (Å²) < 4.78 is 0. The van der Waals surface area contributed by atoms with Crippen LogP contribution >= 0.6 is 11.3 Å². The van der Waals surface area contributed by atoms with Crippen molar-refractivity contribution in [2.75, 3.05) is 17.2 Å². The van der Waals surface area contributed by atoms with Gasteiger partial charge in [-0.1, -0.05) is 17.7 Å². The second-order valence-electron chi connectivity index (χ2n) is 5.65. The Balaban J connectivity index is 1.47. The zero-order chi connectivity index (χ0) is 15.9. The van der Waals surface area contributed by atoms with Crippen molar-refractivity contribution >= 4 is 28.7 Å². The number of rotatable bonds is 6.